The molecule has 21 heavy (non-hydrogen) atoms. The lowest BCUT2D eigenvalue weighted by Gasteiger charge is -2.07. The molecule has 4 nitrogen and oxygen atoms in total. The van der Waals surface area contributed by atoms with Crippen molar-refractivity contribution in [3.8, 4) is 21.8 Å². The fraction of sp³-hybridized carbons (Fsp3) is 0.125. The topological polar surface area (TPSA) is 63.3 Å². The van der Waals surface area contributed by atoms with Crippen LogP contribution in [0.2, 0.25) is 0 Å². The van der Waals surface area contributed by atoms with Crippen molar-refractivity contribution >= 4 is 17.3 Å². The van der Waals surface area contributed by atoms with Crippen molar-refractivity contribution in [2.75, 3.05) is 0 Å². The molecular weight excluding hydrogens is 286 g/mol. The van der Waals surface area contributed by atoms with Crippen molar-refractivity contribution in [3.63, 3.8) is 0 Å². The van der Waals surface area contributed by atoms with Crippen molar-refractivity contribution in [1.82, 2.24) is 4.98 Å². The van der Waals surface area contributed by atoms with E-state index < -0.39 is 5.97 Å². The molecule has 4 rings (SSSR count). The number of aryl methyl sites for hydroxylation is 2. The van der Waals surface area contributed by atoms with Crippen LogP contribution in [0.5, 0.6) is 0 Å². The van der Waals surface area contributed by atoms with Gasteiger partial charge in [0.15, 0.2) is 0 Å². The maximum atomic E-state index is 11.1. The molecular formula is C16H11NO3S. The number of carboxylic acids is 1. The van der Waals surface area contributed by atoms with E-state index in [9.17, 15) is 4.79 Å². The average Bonchev–Trinajstić information content (AvgIpc) is 3.12. The summed E-state index contributed by atoms with van der Waals surface area (Å²) < 4.78 is 5.47. The molecule has 0 aliphatic heterocycles. The van der Waals surface area contributed by atoms with Crippen LogP contribution in [0.3, 0.4) is 0 Å². The first-order valence-electron chi connectivity index (χ1n) is 6.62. The molecule has 1 aliphatic carbocycles. The van der Waals surface area contributed by atoms with Gasteiger partial charge in [-0.25, -0.2) is 9.78 Å². The van der Waals surface area contributed by atoms with Gasteiger partial charge in [0, 0.05) is 22.4 Å². The first-order chi connectivity index (χ1) is 10.2. The normalized spacial score (nSPS) is 12.8. The molecule has 1 N–H and O–H groups in total. The van der Waals surface area contributed by atoms with Crippen LogP contribution in [0.25, 0.3) is 21.8 Å². The van der Waals surface area contributed by atoms with E-state index in [2.05, 4.69) is 0 Å². The fourth-order valence-corrected chi connectivity index (χ4v) is 3.68. The Kier molecular flexibility index (Phi) is 2.68. The maximum absolute atomic E-state index is 11.1. The minimum atomic E-state index is -0.921. The highest BCUT2D eigenvalue weighted by Gasteiger charge is 2.23. The number of aromatic nitrogens is 1. The zero-order valence-corrected chi connectivity index (χ0v) is 11.8. The first-order valence-corrected chi connectivity index (χ1v) is 7.44. The van der Waals surface area contributed by atoms with Gasteiger partial charge in [0.05, 0.1) is 17.5 Å². The smallest absolute Gasteiger partial charge is 0.335 e. The Morgan fingerprint density at radius 2 is 2.19 bits per heavy atom. The van der Waals surface area contributed by atoms with E-state index in [1.165, 1.54) is 4.88 Å². The summed E-state index contributed by atoms with van der Waals surface area (Å²) in [5.74, 6) is 0.0638. The molecule has 0 fully saturated rings. The number of carboxylic acid groups (broad SMARTS) is 1. The standard InChI is InChI=1S/C16H11NO3S/c18-16(19)10-3-1-2-9(8-10)15-17-14-11-6-7-20-12(11)4-5-13(14)21-15/h1-3,6-8H,4-5H2,(H,18,19). The summed E-state index contributed by atoms with van der Waals surface area (Å²) in [6.07, 6.45) is 3.52. The lowest BCUT2D eigenvalue weighted by Crippen LogP contribution is -1.98. The molecule has 3 aromatic rings. The molecule has 5 heteroatoms. The monoisotopic (exact) mass is 297 g/mol. The number of rotatable bonds is 2. The highest BCUT2D eigenvalue weighted by molar-refractivity contribution is 7.15. The van der Waals surface area contributed by atoms with E-state index in [0.29, 0.717) is 0 Å². The SMILES string of the molecule is O=C(O)c1cccc(-c2nc3c(s2)CCc2occc2-3)c1. The van der Waals surface area contributed by atoms with Gasteiger partial charge in [-0.2, -0.15) is 0 Å². The first kappa shape index (κ1) is 12.3. The van der Waals surface area contributed by atoms with Crippen LogP contribution in [-0.4, -0.2) is 16.1 Å². The lowest BCUT2D eigenvalue weighted by molar-refractivity contribution is 0.0697. The number of hydrogen-bond acceptors (Lipinski definition) is 4. The third-order valence-electron chi connectivity index (χ3n) is 3.63. The van der Waals surface area contributed by atoms with Crippen molar-refractivity contribution in [3.05, 3.63) is 52.8 Å². The molecule has 2 aromatic heterocycles. The van der Waals surface area contributed by atoms with Crippen LogP contribution in [0.1, 0.15) is 21.0 Å². The largest absolute Gasteiger partial charge is 0.478 e. The molecule has 0 unspecified atom stereocenters. The number of nitrogens with zero attached hydrogens (tertiary/aromatic N) is 1. The highest BCUT2D eigenvalue weighted by atomic mass is 32.1. The molecule has 0 bridgehead atoms. The van der Waals surface area contributed by atoms with Gasteiger partial charge in [0.25, 0.3) is 0 Å². The number of furan rings is 1. The second kappa shape index (κ2) is 4.56. The van der Waals surface area contributed by atoms with E-state index in [1.807, 2.05) is 12.1 Å². The summed E-state index contributed by atoms with van der Waals surface area (Å²) in [7, 11) is 0. The third-order valence-corrected chi connectivity index (χ3v) is 4.80. The Hall–Kier alpha value is -2.40. The molecule has 0 saturated carbocycles. The van der Waals surface area contributed by atoms with Gasteiger partial charge in [0.2, 0.25) is 0 Å². The van der Waals surface area contributed by atoms with E-state index in [4.69, 9.17) is 14.5 Å². The quantitative estimate of drug-likeness (QED) is 0.780. The van der Waals surface area contributed by atoms with Gasteiger partial charge in [0.1, 0.15) is 10.8 Å². The molecule has 2 heterocycles. The van der Waals surface area contributed by atoms with Crippen molar-refractivity contribution < 1.29 is 14.3 Å². The van der Waals surface area contributed by atoms with Gasteiger partial charge in [-0.3, -0.25) is 0 Å². The molecule has 1 aliphatic rings. The number of aromatic carboxylic acids is 1. The summed E-state index contributed by atoms with van der Waals surface area (Å²) in [6.45, 7) is 0. The van der Waals surface area contributed by atoms with Crippen LogP contribution in [0, 0.1) is 0 Å². The number of thiazole rings is 1. The summed E-state index contributed by atoms with van der Waals surface area (Å²) in [6, 6.07) is 8.86. The number of hydrogen-bond donors (Lipinski definition) is 1. The highest BCUT2D eigenvalue weighted by Crippen LogP contribution is 2.39. The molecule has 1 aromatic carbocycles. The van der Waals surface area contributed by atoms with Crippen molar-refractivity contribution in [1.29, 1.82) is 0 Å². The number of carbonyl (C=O) groups is 1. The summed E-state index contributed by atoms with van der Waals surface area (Å²) in [5.41, 5.74) is 3.17. The van der Waals surface area contributed by atoms with Gasteiger partial charge >= 0.3 is 5.97 Å². The molecule has 0 radical (unpaired) electrons. The second-order valence-corrected chi connectivity index (χ2v) is 6.02. The molecule has 0 amide bonds. The Morgan fingerprint density at radius 1 is 1.29 bits per heavy atom. The Balaban J connectivity index is 1.82. The second-order valence-electron chi connectivity index (χ2n) is 4.93. The predicted octanol–water partition coefficient (Wildman–Crippen LogP) is 3.87. The predicted molar refractivity (Wildman–Crippen MR) is 79.6 cm³/mol. The van der Waals surface area contributed by atoms with E-state index in [1.54, 1.807) is 35.8 Å². The zero-order chi connectivity index (χ0) is 14.4. The van der Waals surface area contributed by atoms with E-state index in [0.717, 1.165) is 40.4 Å². The van der Waals surface area contributed by atoms with E-state index >= 15 is 0 Å². The molecule has 104 valence electrons. The van der Waals surface area contributed by atoms with Gasteiger partial charge < -0.3 is 9.52 Å². The van der Waals surface area contributed by atoms with Gasteiger partial charge in [-0.05, 0) is 24.6 Å². The number of benzene rings is 1. The number of fused-ring (bicyclic) bond motifs is 3. The summed E-state index contributed by atoms with van der Waals surface area (Å²) >= 11 is 1.63. The summed E-state index contributed by atoms with van der Waals surface area (Å²) in [5, 5.41) is 9.95. The summed E-state index contributed by atoms with van der Waals surface area (Å²) in [4.78, 5) is 17.0. The van der Waals surface area contributed by atoms with Crippen LogP contribution in [0.4, 0.5) is 0 Å². The molecule has 0 atom stereocenters. The third kappa shape index (κ3) is 1.97. The average molecular weight is 297 g/mol. The van der Waals surface area contributed by atoms with E-state index in [-0.39, 0.29) is 5.56 Å². The van der Waals surface area contributed by atoms with Crippen molar-refractivity contribution in [2.45, 2.75) is 12.8 Å². The van der Waals surface area contributed by atoms with Crippen molar-refractivity contribution in [2.24, 2.45) is 0 Å². The Bertz CT molecular complexity index is 847. The molecule has 0 saturated heterocycles. The Morgan fingerprint density at radius 3 is 3.05 bits per heavy atom. The van der Waals surface area contributed by atoms with Crippen LogP contribution in [-0.2, 0) is 12.8 Å². The maximum Gasteiger partial charge on any atom is 0.335 e. The minimum Gasteiger partial charge on any atom is -0.478 e. The van der Waals surface area contributed by atoms with Crippen LogP contribution >= 0.6 is 11.3 Å². The van der Waals surface area contributed by atoms with Crippen LogP contribution in [0.15, 0.2) is 41.0 Å². The Labute approximate surface area is 124 Å². The molecule has 0 spiro atoms. The van der Waals surface area contributed by atoms with Crippen LogP contribution < -0.4 is 0 Å². The van der Waals surface area contributed by atoms with Gasteiger partial charge in [-0.15, -0.1) is 11.3 Å². The fourth-order valence-electron chi connectivity index (χ4n) is 2.61. The van der Waals surface area contributed by atoms with Gasteiger partial charge in [-0.1, -0.05) is 12.1 Å². The lowest BCUT2D eigenvalue weighted by atomic mass is 10.0. The zero-order valence-electron chi connectivity index (χ0n) is 11.0. The minimum absolute atomic E-state index is 0.282.